The van der Waals surface area contributed by atoms with E-state index in [2.05, 4.69) is 10.3 Å². The van der Waals surface area contributed by atoms with Gasteiger partial charge in [-0.2, -0.15) is 0 Å². The van der Waals surface area contributed by atoms with Crippen molar-refractivity contribution in [3.63, 3.8) is 0 Å². The summed E-state index contributed by atoms with van der Waals surface area (Å²) in [6.45, 7) is 2.26. The van der Waals surface area contributed by atoms with Gasteiger partial charge in [-0.15, -0.1) is 0 Å². The SMILES string of the molecule is Cc1cccc(C(=O)NCc2cccc(C(N)=S)c2)n1. The van der Waals surface area contributed by atoms with Crippen LogP contribution in [0.15, 0.2) is 42.5 Å². The fourth-order valence-electron chi connectivity index (χ4n) is 1.78. The summed E-state index contributed by atoms with van der Waals surface area (Å²) < 4.78 is 0. The van der Waals surface area contributed by atoms with E-state index in [0.717, 1.165) is 16.8 Å². The Labute approximate surface area is 123 Å². The molecule has 0 aliphatic carbocycles. The van der Waals surface area contributed by atoms with Crippen LogP contribution >= 0.6 is 12.2 Å². The number of nitrogens with zero attached hydrogens (tertiary/aromatic N) is 1. The van der Waals surface area contributed by atoms with E-state index in [1.165, 1.54) is 0 Å². The Morgan fingerprint density at radius 2 is 2.05 bits per heavy atom. The van der Waals surface area contributed by atoms with Crippen molar-refractivity contribution in [1.82, 2.24) is 10.3 Å². The lowest BCUT2D eigenvalue weighted by Crippen LogP contribution is -2.24. The van der Waals surface area contributed by atoms with E-state index in [1.807, 2.05) is 43.3 Å². The summed E-state index contributed by atoms with van der Waals surface area (Å²) in [6, 6.07) is 12.8. The molecule has 0 atom stereocenters. The molecule has 1 heterocycles. The number of aromatic nitrogens is 1. The predicted octanol–water partition coefficient (Wildman–Crippen LogP) is 1.95. The summed E-state index contributed by atoms with van der Waals surface area (Å²) in [5, 5.41) is 2.82. The third kappa shape index (κ3) is 3.61. The van der Waals surface area contributed by atoms with Gasteiger partial charge < -0.3 is 11.1 Å². The molecular weight excluding hydrogens is 270 g/mol. The second kappa shape index (κ2) is 6.25. The first-order chi connectivity index (χ1) is 9.56. The minimum atomic E-state index is -0.200. The van der Waals surface area contributed by atoms with Crippen LogP contribution in [0, 0.1) is 6.92 Å². The number of hydrogen-bond donors (Lipinski definition) is 2. The number of rotatable bonds is 4. The van der Waals surface area contributed by atoms with Crippen molar-refractivity contribution in [3.8, 4) is 0 Å². The highest BCUT2D eigenvalue weighted by molar-refractivity contribution is 7.80. The Morgan fingerprint density at radius 1 is 1.30 bits per heavy atom. The van der Waals surface area contributed by atoms with Gasteiger partial charge in [-0.25, -0.2) is 4.98 Å². The number of amides is 1. The Hall–Kier alpha value is -2.27. The van der Waals surface area contributed by atoms with Gasteiger partial charge in [-0.05, 0) is 30.7 Å². The summed E-state index contributed by atoms with van der Waals surface area (Å²) in [5.74, 6) is -0.200. The van der Waals surface area contributed by atoms with E-state index in [1.54, 1.807) is 6.07 Å². The molecule has 0 aliphatic heterocycles. The zero-order valence-electron chi connectivity index (χ0n) is 11.1. The van der Waals surface area contributed by atoms with Crippen molar-refractivity contribution in [2.75, 3.05) is 0 Å². The first-order valence-electron chi connectivity index (χ1n) is 6.17. The summed E-state index contributed by atoms with van der Waals surface area (Å²) >= 11 is 4.93. The van der Waals surface area contributed by atoms with Gasteiger partial charge in [0.25, 0.3) is 5.91 Å². The van der Waals surface area contributed by atoms with E-state index in [0.29, 0.717) is 17.2 Å². The van der Waals surface area contributed by atoms with Crippen LogP contribution in [0.5, 0.6) is 0 Å². The molecule has 5 heteroatoms. The minimum absolute atomic E-state index is 0.200. The van der Waals surface area contributed by atoms with Gasteiger partial charge in [-0.3, -0.25) is 4.79 Å². The second-order valence-corrected chi connectivity index (χ2v) is 4.85. The summed E-state index contributed by atoms with van der Waals surface area (Å²) in [5.41, 5.74) is 8.54. The van der Waals surface area contributed by atoms with Crippen LogP contribution in [0.4, 0.5) is 0 Å². The molecule has 0 aliphatic rings. The van der Waals surface area contributed by atoms with E-state index in [-0.39, 0.29) is 5.91 Å². The van der Waals surface area contributed by atoms with Crippen LogP contribution in [-0.2, 0) is 6.54 Å². The van der Waals surface area contributed by atoms with Crippen LogP contribution in [0.25, 0.3) is 0 Å². The van der Waals surface area contributed by atoms with Gasteiger partial charge >= 0.3 is 0 Å². The molecule has 0 unspecified atom stereocenters. The maximum absolute atomic E-state index is 12.0. The summed E-state index contributed by atoms with van der Waals surface area (Å²) in [4.78, 5) is 16.5. The molecule has 0 spiro atoms. The number of carbonyl (C=O) groups is 1. The third-order valence-corrected chi connectivity index (χ3v) is 3.02. The fraction of sp³-hybridized carbons (Fsp3) is 0.133. The molecule has 1 aromatic heterocycles. The van der Waals surface area contributed by atoms with E-state index in [9.17, 15) is 4.79 Å². The number of carbonyl (C=O) groups excluding carboxylic acids is 1. The molecule has 1 aromatic carbocycles. The second-order valence-electron chi connectivity index (χ2n) is 4.41. The Bertz CT molecular complexity index is 655. The topological polar surface area (TPSA) is 68.0 Å². The lowest BCUT2D eigenvalue weighted by Gasteiger charge is -2.07. The molecule has 0 radical (unpaired) electrons. The maximum Gasteiger partial charge on any atom is 0.270 e. The van der Waals surface area contributed by atoms with Crippen LogP contribution in [-0.4, -0.2) is 15.9 Å². The van der Waals surface area contributed by atoms with Crippen LogP contribution < -0.4 is 11.1 Å². The number of nitrogens with two attached hydrogens (primary N) is 1. The lowest BCUT2D eigenvalue weighted by atomic mass is 10.1. The van der Waals surface area contributed by atoms with Gasteiger partial charge in [0, 0.05) is 17.8 Å². The average molecular weight is 285 g/mol. The normalized spacial score (nSPS) is 10.1. The average Bonchev–Trinajstić information content (AvgIpc) is 2.45. The Balaban J connectivity index is 2.03. The number of nitrogens with one attached hydrogen (secondary N) is 1. The molecule has 102 valence electrons. The summed E-state index contributed by atoms with van der Waals surface area (Å²) in [7, 11) is 0. The minimum Gasteiger partial charge on any atom is -0.389 e. The predicted molar refractivity (Wildman–Crippen MR) is 82.5 cm³/mol. The van der Waals surface area contributed by atoms with Gasteiger partial charge in [0.1, 0.15) is 10.7 Å². The highest BCUT2D eigenvalue weighted by Crippen LogP contribution is 2.06. The molecule has 0 bridgehead atoms. The van der Waals surface area contributed by atoms with Crippen molar-refractivity contribution < 1.29 is 4.79 Å². The van der Waals surface area contributed by atoms with Crippen molar-refractivity contribution in [3.05, 3.63) is 65.0 Å². The van der Waals surface area contributed by atoms with Crippen LogP contribution in [0.3, 0.4) is 0 Å². The highest BCUT2D eigenvalue weighted by Gasteiger charge is 2.07. The van der Waals surface area contributed by atoms with Crippen LogP contribution in [0.2, 0.25) is 0 Å². The molecule has 0 fully saturated rings. The Morgan fingerprint density at radius 3 is 2.75 bits per heavy atom. The van der Waals surface area contributed by atoms with E-state index < -0.39 is 0 Å². The third-order valence-electron chi connectivity index (χ3n) is 2.79. The first-order valence-corrected chi connectivity index (χ1v) is 6.57. The van der Waals surface area contributed by atoms with Crippen molar-refractivity contribution in [2.45, 2.75) is 13.5 Å². The Kier molecular flexibility index (Phi) is 4.42. The van der Waals surface area contributed by atoms with Gasteiger partial charge in [0.05, 0.1) is 0 Å². The van der Waals surface area contributed by atoms with Gasteiger partial charge in [-0.1, -0.05) is 36.5 Å². The number of aryl methyl sites for hydroxylation is 1. The monoisotopic (exact) mass is 285 g/mol. The lowest BCUT2D eigenvalue weighted by molar-refractivity contribution is 0.0945. The molecule has 20 heavy (non-hydrogen) atoms. The van der Waals surface area contributed by atoms with Gasteiger partial charge in [0.2, 0.25) is 0 Å². The molecule has 0 saturated carbocycles. The van der Waals surface area contributed by atoms with Crippen molar-refractivity contribution in [2.24, 2.45) is 5.73 Å². The number of thiocarbonyl (C=S) groups is 1. The van der Waals surface area contributed by atoms with E-state index in [4.69, 9.17) is 18.0 Å². The highest BCUT2D eigenvalue weighted by atomic mass is 32.1. The number of hydrogen-bond acceptors (Lipinski definition) is 3. The van der Waals surface area contributed by atoms with Gasteiger partial charge in [0.15, 0.2) is 0 Å². The largest absolute Gasteiger partial charge is 0.389 e. The molecule has 2 rings (SSSR count). The first kappa shape index (κ1) is 14.1. The fourth-order valence-corrected chi connectivity index (χ4v) is 1.90. The standard InChI is InChI=1S/C15H15N3OS/c1-10-4-2-7-13(18-10)15(19)17-9-11-5-3-6-12(8-11)14(16)20/h2-8H,9H2,1H3,(H2,16,20)(H,17,19). The molecular formula is C15H15N3OS. The zero-order chi connectivity index (χ0) is 14.5. The summed E-state index contributed by atoms with van der Waals surface area (Å²) in [6.07, 6.45) is 0. The van der Waals surface area contributed by atoms with Crippen molar-refractivity contribution >= 4 is 23.1 Å². The smallest absolute Gasteiger partial charge is 0.270 e. The zero-order valence-corrected chi connectivity index (χ0v) is 11.9. The number of benzene rings is 1. The quantitative estimate of drug-likeness (QED) is 0.843. The molecule has 0 saturated heterocycles. The molecule has 4 nitrogen and oxygen atoms in total. The molecule has 1 amide bonds. The van der Waals surface area contributed by atoms with Crippen LogP contribution in [0.1, 0.15) is 27.3 Å². The van der Waals surface area contributed by atoms with E-state index >= 15 is 0 Å². The number of pyridine rings is 1. The molecule has 3 N–H and O–H groups in total. The van der Waals surface area contributed by atoms with Crippen molar-refractivity contribution in [1.29, 1.82) is 0 Å². The maximum atomic E-state index is 12.0. The molecule has 2 aromatic rings.